The highest BCUT2D eigenvalue weighted by molar-refractivity contribution is 5.96. The molecule has 1 spiro atoms. The van der Waals surface area contributed by atoms with Gasteiger partial charge in [-0.25, -0.2) is 8.78 Å². The Hall–Kier alpha value is -3.27. The van der Waals surface area contributed by atoms with Crippen molar-refractivity contribution in [1.82, 2.24) is 4.90 Å². The Bertz CT molecular complexity index is 1020. The molecule has 2 aliphatic heterocycles. The smallest absolute Gasteiger partial charge is 0.227 e. The molecule has 2 amide bonds. The van der Waals surface area contributed by atoms with Gasteiger partial charge in [0.2, 0.25) is 11.8 Å². The second kappa shape index (κ2) is 7.28. The van der Waals surface area contributed by atoms with Crippen LogP contribution in [-0.2, 0) is 16.0 Å². The predicted octanol–water partition coefficient (Wildman–Crippen LogP) is 3.03. The van der Waals surface area contributed by atoms with Crippen molar-refractivity contribution in [3.05, 3.63) is 65.2 Å². The number of carbonyl (C=O) groups is 2. The number of nitrogens with zero attached hydrogens (tertiary/aromatic N) is 3. The summed E-state index contributed by atoms with van der Waals surface area (Å²) in [6, 6.07) is 12.7. The molecule has 4 rings (SSSR count). The van der Waals surface area contributed by atoms with Crippen LogP contribution in [0, 0.1) is 28.4 Å². The lowest BCUT2D eigenvalue weighted by Crippen LogP contribution is -2.35. The first kappa shape index (κ1) is 19.1. The molecule has 1 unspecified atom stereocenters. The fourth-order valence-electron chi connectivity index (χ4n) is 4.23. The Morgan fingerprint density at radius 3 is 2.62 bits per heavy atom. The van der Waals surface area contributed by atoms with E-state index < -0.39 is 11.6 Å². The van der Waals surface area contributed by atoms with Gasteiger partial charge < -0.3 is 9.80 Å². The molecule has 5 nitrogen and oxygen atoms in total. The zero-order chi connectivity index (χ0) is 20.6. The van der Waals surface area contributed by atoms with Gasteiger partial charge in [-0.2, -0.15) is 5.26 Å². The van der Waals surface area contributed by atoms with E-state index in [1.807, 2.05) is 0 Å². The summed E-state index contributed by atoms with van der Waals surface area (Å²) < 4.78 is 27.3. The summed E-state index contributed by atoms with van der Waals surface area (Å²) in [4.78, 5) is 28.6. The molecule has 0 bridgehead atoms. The Morgan fingerprint density at radius 2 is 1.90 bits per heavy atom. The molecule has 2 heterocycles. The quantitative estimate of drug-likeness (QED) is 0.803. The number of hydrogen-bond donors (Lipinski definition) is 0. The van der Waals surface area contributed by atoms with Crippen LogP contribution in [0.25, 0.3) is 0 Å². The van der Waals surface area contributed by atoms with Gasteiger partial charge >= 0.3 is 0 Å². The van der Waals surface area contributed by atoms with Crippen molar-refractivity contribution in [2.75, 3.05) is 24.5 Å². The van der Waals surface area contributed by atoms with Crippen molar-refractivity contribution in [2.24, 2.45) is 5.41 Å². The van der Waals surface area contributed by atoms with Crippen LogP contribution >= 0.6 is 0 Å². The first-order valence-electron chi connectivity index (χ1n) is 9.42. The molecule has 2 fully saturated rings. The first-order valence-corrected chi connectivity index (χ1v) is 9.42. The monoisotopic (exact) mass is 395 g/mol. The van der Waals surface area contributed by atoms with Crippen LogP contribution in [-0.4, -0.2) is 36.3 Å². The zero-order valence-electron chi connectivity index (χ0n) is 15.7. The molecule has 2 aromatic carbocycles. The summed E-state index contributed by atoms with van der Waals surface area (Å²) in [5, 5.41) is 8.92. The van der Waals surface area contributed by atoms with Gasteiger partial charge in [0.05, 0.1) is 18.1 Å². The SMILES string of the molecule is N#Cc1ccc(N2CC3(CCN(C(=O)Cc4cccc(F)c4F)C3)CC2=O)cc1. The normalized spacial score (nSPS) is 21.1. The van der Waals surface area contributed by atoms with E-state index in [1.54, 1.807) is 34.1 Å². The average Bonchev–Trinajstić information content (AvgIpc) is 3.28. The zero-order valence-corrected chi connectivity index (χ0v) is 15.7. The summed E-state index contributed by atoms with van der Waals surface area (Å²) >= 11 is 0. The molecule has 0 aliphatic carbocycles. The van der Waals surface area contributed by atoms with Crippen molar-refractivity contribution in [3.63, 3.8) is 0 Å². The number of amides is 2. The molecule has 1 atom stereocenters. The van der Waals surface area contributed by atoms with Gasteiger partial charge in [-0.1, -0.05) is 12.1 Å². The van der Waals surface area contributed by atoms with E-state index in [4.69, 9.17) is 5.26 Å². The van der Waals surface area contributed by atoms with Crippen LogP contribution in [0.15, 0.2) is 42.5 Å². The lowest BCUT2D eigenvalue weighted by molar-refractivity contribution is -0.130. The van der Waals surface area contributed by atoms with Gasteiger partial charge in [-0.3, -0.25) is 9.59 Å². The first-order chi connectivity index (χ1) is 13.9. The molecular weight excluding hydrogens is 376 g/mol. The molecule has 0 radical (unpaired) electrons. The Labute approximate surface area is 167 Å². The topological polar surface area (TPSA) is 64.4 Å². The number of hydrogen-bond acceptors (Lipinski definition) is 3. The lowest BCUT2D eigenvalue weighted by atomic mass is 9.86. The minimum Gasteiger partial charge on any atom is -0.342 e. The van der Waals surface area contributed by atoms with Crippen molar-refractivity contribution in [2.45, 2.75) is 19.3 Å². The van der Waals surface area contributed by atoms with E-state index in [1.165, 1.54) is 12.1 Å². The van der Waals surface area contributed by atoms with E-state index in [0.717, 1.165) is 11.8 Å². The second-order valence-corrected chi connectivity index (χ2v) is 7.77. The lowest BCUT2D eigenvalue weighted by Gasteiger charge is -2.24. The van der Waals surface area contributed by atoms with Crippen LogP contribution in [0.3, 0.4) is 0 Å². The summed E-state index contributed by atoms with van der Waals surface area (Å²) in [7, 11) is 0. The second-order valence-electron chi connectivity index (χ2n) is 7.77. The molecule has 2 aromatic rings. The minimum absolute atomic E-state index is 0.0137. The minimum atomic E-state index is -0.988. The largest absolute Gasteiger partial charge is 0.342 e. The number of nitriles is 1. The number of carbonyl (C=O) groups excluding carboxylic acids is 2. The van der Waals surface area contributed by atoms with Crippen LogP contribution in [0.4, 0.5) is 14.5 Å². The van der Waals surface area contributed by atoms with Gasteiger partial charge in [0, 0.05) is 42.7 Å². The van der Waals surface area contributed by atoms with Crippen LogP contribution < -0.4 is 4.90 Å². The van der Waals surface area contributed by atoms with Gasteiger partial charge in [0.1, 0.15) is 0 Å². The van der Waals surface area contributed by atoms with Gasteiger partial charge in [-0.05, 0) is 36.8 Å². The number of halogens is 2. The molecule has 2 saturated heterocycles. The third kappa shape index (κ3) is 3.58. The molecule has 7 heteroatoms. The Morgan fingerprint density at radius 1 is 1.14 bits per heavy atom. The predicted molar refractivity (Wildman–Crippen MR) is 102 cm³/mol. The van der Waals surface area contributed by atoms with E-state index >= 15 is 0 Å². The highest BCUT2D eigenvalue weighted by Crippen LogP contribution is 2.42. The van der Waals surface area contributed by atoms with Crippen molar-refractivity contribution < 1.29 is 18.4 Å². The van der Waals surface area contributed by atoms with E-state index in [2.05, 4.69) is 6.07 Å². The van der Waals surface area contributed by atoms with Crippen LogP contribution in [0.1, 0.15) is 24.0 Å². The molecule has 148 valence electrons. The number of likely N-dealkylation sites (tertiary alicyclic amines) is 1. The molecule has 29 heavy (non-hydrogen) atoms. The third-order valence-corrected chi connectivity index (χ3v) is 5.79. The number of rotatable bonds is 3. The highest BCUT2D eigenvalue weighted by atomic mass is 19.2. The number of anilines is 1. The van der Waals surface area contributed by atoms with Crippen molar-refractivity contribution in [3.8, 4) is 6.07 Å². The maximum atomic E-state index is 13.9. The van der Waals surface area contributed by atoms with E-state index in [9.17, 15) is 18.4 Å². The molecule has 2 aliphatic rings. The third-order valence-electron chi connectivity index (χ3n) is 5.79. The van der Waals surface area contributed by atoms with Gasteiger partial charge in [0.15, 0.2) is 11.6 Å². The summed E-state index contributed by atoms with van der Waals surface area (Å²) in [6.07, 6.45) is 0.820. The number of benzene rings is 2. The Balaban J connectivity index is 1.44. The van der Waals surface area contributed by atoms with Crippen molar-refractivity contribution in [1.29, 1.82) is 5.26 Å². The molecule has 0 aromatic heterocycles. The van der Waals surface area contributed by atoms with Gasteiger partial charge in [-0.15, -0.1) is 0 Å². The maximum Gasteiger partial charge on any atom is 0.227 e. The van der Waals surface area contributed by atoms with E-state index in [0.29, 0.717) is 38.0 Å². The molecule has 0 N–H and O–H groups in total. The highest BCUT2D eigenvalue weighted by Gasteiger charge is 2.48. The fraction of sp³-hybridized carbons (Fsp3) is 0.318. The van der Waals surface area contributed by atoms with Gasteiger partial charge in [0.25, 0.3) is 0 Å². The molecule has 0 saturated carbocycles. The summed E-state index contributed by atoms with van der Waals surface area (Å²) in [5.74, 6) is -2.23. The average molecular weight is 395 g/mol. The van der Waals surface area contributed by atoms with Crippen molar-refractivity contribution >= 4 is 17.5 Å². The summed E-state index contributed by atoms with van der Waals surface area (Å²) in [6.45, 7) is 1.40. The van der Waals surface area contributed by atoms with Crippen LogP contribution in [0.2, 0.25) is 0 Å². The molecular formula is C22H19F2N3O2. The van der Waals surface area contributed by atoms with E-state index in [-0.39, 0.29) is 29.2 Å². The van der Waals surface area contributed by atoms with Crippen LogP contribution in [0.5, 0.6) is 0 Å². The fourth-order valence-corrected chi connectivity index (χ4v) is 4.23. The Kier molecular flexibility index (Phi) is 4.79. The maximum absolute atomic E-state index is 13.9. The standard InChI is InChI=1S/C22H19F2N3O2/c23-18-3-1-2-16(21(18)24)10-19(28)26-9-8-22(13-26)11-20(29)27(14-22)17-6-4-15(12-25)5-7-17/h1-7H,8-11,13-14H2. The summed E-state index contributed by atoms with van der Waals surface area (Å²) in [5.41, 5.74) is 0.966.